The number of hydrogen-bond acceptors (Lipinski definition) is 1. The van der Waals surface area contributed by atoms with Crippen LogP contribution in [0.2, 0.25) is 0 Å². The normalized spacial score (nSPS) is 9.92. The van der Waals surface area contributed by atoms with Gasteiger partial charge in [-0.05, 0) is 24.5 Å². The first-order chi connectivity index (χ1) is 6.25. The topological polar surface area (TPSA) is 43.1 Å². The lowest BCUT2D eigenvalue weighted by Crippen LogP contribution is -2.13. The highest BCUT2D eigenvalue weighted by Crippen LogP contribution is 2.10. The van der Waals surface area contributed by atoms with Crippen LogP contribution in [-0.2, 0) is 6.42 Å². The third kappa shape index (κ3) is 2.74. The smallest absolute Gasteiger partial charge is 0.248 e. The Bertz CT molecular complexity index is 299. The number of halogens is 1. The van der Waals surface area contributed by atoms with Crippen LogP contribution in [0.15, 0.2) is 24.3 Å². The molecule has 3 heteroatoms. The number of benzene rings is 1. The van der Waals surface area contributed by atoms with Gasteiger partial charge in [0.15, 0.2) is 0 Å². The molecule has 1 rings (SSSR count). The van der Waals surface area contributed by atoms with Gasteiger partial charge in [0.05, 0.1) is 0 Å². The van der Waals surface area contributed by atoms with E-state index < -0.39 is 5.91 Å². The van der Waals surface area contributed by atoms with Gasteiger partial charge in [0.2, 0.25) is 5.91 Å². The van der Waals surface area contributed by atoms with Gasteiger partial charge in [-0.1, -0.05) is 18.2 Å². The zero-order chi connectivity index (χ0) is 9.68. The van der Waals surface area contributed by atoms with E-state index in [2.05, 4.69) is 0 Å². The summed E-state index contributed by atoms with van der Waals surface area (Å²) < 4.78 is 0. The molecule has 0 fully saturated rings. The molecule has 0 saturated heterocycles. The largest absolute Gasteiger partial charge is 0.366 e. The minimum absolute atomic E-state index is 0.390. The number of amides is 1. The maximum atomic E-state index is 11.0. The van der Waals surface area contributed by atoms with Crippen LogP contribution in [0.5, 0.6) is 0 Å². The first kappa shape index (κ1) is 10.1. The molecule has 2 nitrogen and oxygen atoms in total. The highest BCUT2D eigenvalue weighted by atomic mass is 35.5. The summed E-state index contributed by atoms with van der Waals surface area (Å²) >= 11 is 5.51. The lowest BCUT2D eigenvalue weighted by Gasteiger charge is -2.03. The quantitative estimate of drug-likeness (QED) is 0.733. The third-order valence-corrected chi connectivity index (χ3v) is 1.97. The molecule has 2 N–H and O–H groups in total. The molecule has 0 unspecified atom stereocenters. The Hall–Kier alpha value is -1.02. The van der Waals surface area contributed by atoms with Gasteiger partial charge < -0.3 is 5.73 Å². The van der Waals surface area contributed by atoms with E-state index in [0.717, 1.165) is 5.56 Å². The summed E-state index contributed by atoms with van der Waals surface area (Å²) in [5.41, 5.74) is 6.70. The molecule has 1 aromatic carbocycles. The third-order valence-electron chi connectivity index (χ3n) is 1.76. The summed E-state index contributed by atoms with van der Waals surface area (Å²) in [6, 6.07) is 7.27. The van der Waals surface area contributed by atoms with Gasteiger partial charge >= 0.3 is 0 Å². The first-order valence-corrected chi connectivity index (χ1v) is 4.54. The number of hydrogen-bond donors (Lipinski definition) is 1. The monoisotopic (exact) mass is 196 g/mol. The Labute approximate surface area is 82.7 Å². The lowest BCUT2D eigenvalue weighted by molar-refractivity contribution is 0.0999. The van der Waals surface area contributed by atoms with Crippen molar-refractivity contribution in [2.45, 2.75) is 6.42 Å². The van der Waals surface area contributed by atoms with Crippen molar-refractivity contribution in [2.24, 2.45) is 5.73 Å². The van der Waals surface area contributed by atoms with Crippen LogP contribution in [0, 0.1) is 6.42 Å². The van der Waals surface area contributed by atoms with E-state index in [1.807, 2.05) is 18.6 Å². The SMILES string of the molecule is NC(=O)c1ccccc1C[CH]CCl. The molecule has 0 saturated carbocycles. The van der Waals surface area contributed by atoms with E-state index in [1.54, 1.807) is 12.1 Å². The second-order valence-electron chi connectivity index (χ2n) is 2.67. The highest BCUT2D eigenvalue weighted by Gasteiger charge is 2.05. The van der Waals surface area contributed by atoms with Crippen LogP contribution in [0.25, 0.3) is 0 Å². The van der Waals surface area contributed by atoms with Gasteiger partial charge in [-0.2, -0.15) is 0 Å². The predicted molar refractivity (Wildman–Crippen MR) is 53.7 cm³/mol. The van der Waals surface area contributed by atoms with E-state index in [4.69, 9.17) is 17.3 Å². The maximum Gasteiger partial charge on any atom is 0.248 e. The summed E-state index contributed by atoms with van der Waals surface area (Å²) in [7, 11) is 0. The highest BCUT2D eigenvalue weighted by molar-refractivity contribution is 6.18. The minimum atomic E-state index is -0.390. The van der Waals surface area contributed by atoms with Gasteiger partial charge in [-0.15, -0.1) is 11.6 Å². The van der Waals surface area contributed by atoms with Crippen LogP contribution in [0.4, 0.5) is 0 Å². The number of primary amides is 1. The fourth-order valence-corrected chi connectivity index (χ4v) is 1.26. The van der Waals surface area contributed by atoms with Crippen molar-refractivity contribution in [3.8, 4) is 0 Å². The fourth-order valence-electron chi connectivity index (χ4n) is 1.15. The van der Waals surface area contributed by atoms with Crippen LogP contribution < -0.4 is 5.73 Å². The molecular weight excluding hydrogens is 186 g/mol. The number of nitrogens with two attached hydrogens (primary N) is 1. The van der Waals surface area contributed by atoms with Gasteiger partial charge in [0.25, 0.3) is 0 Å². The summed E-state index contributed by atoms with van der Waals surface area (Å²) in [6.07, 6.45) is 2.58. The van der Waals surface area contributed by atoms with Crippen molar-refractivity contribution >= 4 is 17.5 Å². The van der Waals surface area contributed by atoms with E-state index >= 15 is 0 Å². The molecule has 1 amide bonds. The van der Waals surface area contributed by atoms with E-state index in [1.165, 1.54) is 0 Å². The van der Waals surface area contributed by atoms with Crippen LogP contribution >= 0.6 is 11.6 Å². The van der Waals surface area contributed by atoms with Crippen molar-refractivity contribution in [2.75, 3.05) is 5.88 Å². The van der Waals surface area contributed by atoms with E-state index in [0.29, 0.717) is 17.9 Å². The van der Waals surface area contributed by atoms with Crippen LogP contribution in [-0.4, -0.2) is 11.8 Å². The van der Waals surface area contributed by atoms with Crippen LogP contribution in [0.1, 0.15) is 15.9 Å². The van der Waals surface area contributed by atoms with Gasteiger partial charge in [-0.3, -0.25) is 4.79 Å². The lowest BCUT2D eigenvalue weighted by atomic mass is 10.0. The fraction of sp³-hybridized carbons (Fsp3) is 0.200. The summed E-state index contributed by atoms with van der Waals surface area (Å²) in [6.45, 7) is 0. The summed E-state index contributed by atoms with van der Waals surface area (Å²) in [5.74, 6) is 0.0891. The Kier molecular flexibility index (Phi) is 3.77. The molecule has 13 heavy (non-hydrogen) atoms. The van der Waals surface area contributed by atoms with Gasteiger partial charge in [-0.25, -0.2) is 0 Å². The number of carbonyl (C=O) groups is 1. The Morgan fingerprint density at radius 1 is 1.46 bits per heavy atom. The molecular formula is C10H11ClNO. The molecule has 0 aliphatic heterocycles. The van der Waals surface area contributed by atoms with Gasteiger partial charge in [0, 0.05) is 11.4 Å². The Morgan fingerprint density at radius 3 is 2.77 bits per heavy atom. The summed E-state index contributed by atoms with van der Waals surface area (Å²) in [5, 5.41) is 0. The van der Waals surface area contributed by atoms with Crippen molar-refractivity contribution in [3.63, 3.8) is 0 Å². The second kappa shape index (κ2) is 4.87. The zero-order valence-corrected chi connectivity index (χ0v) is 7.92. The summed E-state index contributed by atoms with van der Waals surface area (Å²) in [4.78, 5) is 11.0. The van der Waals surface area contributed by atoms with E-state index in [9.17, 15) is 4.79 Å². The van der Waals surface area contributed by atoms with Crippen LogP contribution in [0.3, 0.4) is 0 Å². The van der Waals surface area contributed by atoms with Crippen molar-refractivity contribution < 1.29 is 4.79 Å². The van der Waals surface area contributed by atoms with Gasteiger partial charge in [0.1, 0.15) is 0 Å². The average molecular weight is 197 g/mol. The molecule has 0 aromatic heterocycles. The maximum absolute atomic E-state index is 11.0. The Morgan fingerprint density at radius 2 is 2.15 bits per heavy atom. The molecule has 0 spiro atoms. The molecule has 69 valence electrons. The van der Waals surface area contributed by atoms with Crippen molar-refractivity contribution in [1.29, 1.82) is 0 Å². The molecule has 0 aliphatic rings. The molecule has 1 radical (unpaired) electrons. The van der Waals surface area contributed by atoms with Crippen molar-refractivity contribution in [1.82, 2.24) is 0 Å². The second-order valence-corrected chi connectivity index (χ2v) is 2.98. The standard InChI is InChI=1S/C10H11ClNO/c11-7-3-5-8-4-1-2-6-9(8)10(12)13/h1-4,6H,5,7H2,(H2,12,13). The number of alkyl halides is 1. The minimum Gasteiger partial charge on any atom is -0.366 e. The molecule has 0 atom stereocenters. The van der Waals surface area contributed by atoms with Crippen molar-refractivity contribution in [3.05, 3.63) is 41.8 Å². The molecule has 0 bridgehead atoms. The van der Waals surface area contributed by atoms with E-state index in [-0.39, 0.29) is 0 Å². The average Bonchev–Trinajstić information content (AvgIpc) is 2.15. The Balaban J connectivity index is 2.84. The zero-order valence-electron chi connectivity index (χ0n) is 7.16. The number of rotatable bonds is 4. The molecule has 0 heterocycles. The molecule has 0 aliphatic carbocycles. The number of carbonyl (C=O) groups excluding carboxylic acids is 1. The first-order valence-electron chi connectivity index (χ1n) is 4.01. The predicted octanol–water partition coefficient (Wildman–Crippen LogP) is 1.77. The molecule has 1 aromatic rings.